The molecule has 5 aliphatic rings. The van der Waals surface area contributed by atoms with Crippen LogP contribution in [0.25, 0.3) is 0 Å². The van der Waals surface area contributed by atoms with Gasteiger partial charge in [0.25, 0.3) is 0 Å². The molecule has 10 nitrogen and oxygen atoms in total. The second kappa shape index (κ2) is 7.64. The third kappa shape index (κ3) is 2.81. The van der Waals surface area contributed by atoms with Gasteiger partial charge in [-0.25, -0.2) is 4.79 Å². The molecule has 184 valence electrons. The highest BCUT2D eigenvalue weighted by Gasteiger charge is 2.65. The van der Waals surface area contributed by atoms with Gasteiger partial charge in [-0.1, -0.05) is 18.2 Å². The highest BCUT2D eigenvalue weighted by Crippen LogP contribution is 2.62. The standard InChI is InChI=1S/C24H29NO9/c1-25-8-7-24-11-4-6-14(32-23-18(28)16(26)17(27)20(34-23)22(29)30)21(24)33-19-13(31-2)5-3-10(15(19)24)9-12(11)25/h3-6,11-12,14,16-18,20-21,23,26-28H,7-9H2,1-2H3,(H,29,30)/t11-,12+,14-,16-,17-,18-,20+,21-,23+,24-/m0/s1. The molecule has 6 rings (SSSR count). The van der Waals surface area contributed by atoms with Crippen molar-refractivity contribution in [2.24, 2.45) is 5.92 Å². The van der Waals surface area contributed by atoms with Crippen molar-refractivity contribution in [3.05, 3.63) is 35.4 Å². The minimum atomic E-state index is -1.77. The van der Waals surface area contributed by atoms with Crippen molar-refractivity contribution in [2.45, 2.75) is 67.2 Å². The number of rotatable bonds is 4. The molecule has 0 aromatic heterocycles. The van der Waals surface area contributed by atoms with Gasteiger partial charge in [-0.3, -0.25) is 0 Å². The number of carboxylic acid groups (broad SMARTS) is 1. The Morgan fingerprint density at radius 1 is 1.18 bits per heavy atom. The molecule has 4 N–H and O–H groups in total. The highest BCUT2D eigenvalue weighted by molar-refractivity contribution is 5.73. The fraction of sp³-hybridized carbons (Fsp3) is 0.625. The van der Waals surface area contributed by atoms with Gasteiger partial charge in [-0.2, -0.15) is 0 Å². The van der Waals surface area contributed by atoms with Gasteiger partial charge >= 0.3 is 5.97 Å². The normalized spacial score (nSPS) is 44.3. The molecule has 2 bridgehead atoms. The first kappa shape index (κ1) is 22.3. The van der Waals surface area contributed by atoms with Gasteiger partial charge in [0.05, 0.1) is 7.11 Å². The number of aliphatic carboxylic acids is 1. The molecule has 1 spiro atoms. The van der Waals surface area contributed by atoms with Crippen molar-refractivity contribution in [3.8, 4) is 11.5 Å². The second-order valence-electron chi connectivity index (χ2n) is 9.96. The van der Waals surface area contributed by atoms with Crippen LogP contribution in [0.15, 0.2) is 24.3 Å². The van der Waals surface area contributed by atoms with Crippen molar-refractivity contribution >= 4 is 5.97 Å². The molecular weight excluding hydrogens is 446 g/mol. The number of carboxylic acids is 1. The number of carbonyl (C=O) groups is 1. The number of aliphatic hydroxyl groups is 3. The van der Waals surface area contributed by atoms with Crippen LogP contribution < -0.4 is 9.47 Å². The number of benzene rings is 1. The quantitative estimate of drug-likeness (QED) is 0.418. The largest absolute Gasteiger partial charge is 0.493 e. The van der Waals surface area contributed by atoms with Crippen molar-refractivity contribution in [3.63, 3.8) is 0 Å². The molecule has 1 aromatic carbocycles. The first-order valence-corrected chi connectivity index (χ1v) is 11.6. The van der Waals surface area contributed by atoms with E-state index in [0.717, 1.165) is 24.9 Å². The average molecular weight is 475 g/mol. The van der Waals surface area contributed by atoms with Crippen LogP contribution in [0.3, 0.4) is 0 Å². The first-order chi connectivity index (χ1) is 16.3. The molecule has 3 heterocycles. The lowest BCUT2D eigenvalue weighted by Crippen LogP contribution is -2.66. The van der Waals surface area contributed by atoms with Crippen molar-refractivity contribution in [1.82, 2.24) is 4.90 Å². The molecule has 0 radical (unpaired) electrons. The number of nitrogens with zero attached hydrogens (tertiary/aromatic N) is 1. The Balaban J connectivity index is 1.39. The Labute approximate surface area is 196 Å². The summed E-state index contributed by atoms with van der Waals surface area (Å²) in [6, 6.07) is 4.32. The third-order valence-electron chi connectivity index (χ3n) is 8.44. The summed E-state index contributed by atoms with van der Waals surface area (Å²) in [4.78, 5) is 13.9. The number of hydrogen-bond donors (Lipinski definition) is 4. The number of aliphatic hydroxyl groups excluding tert-OH is 3. The topological polar surface area (TPSA) is 138 Å². The van der Waals surface area contributed by atoms with E-state index in [1.165, 1.54) is 5.56 Å². The van der Waals surface area contributed by atoms with E-state index >= 15 is 0 Å². The lowest BCUT2D eigenvalue weighted by atomic mass is 9.53. The summed E-state index contributed by atoms with van der Waals surface area (Å²) in [5, 5.41) is 40.1. The Morgan fingerprint density at radius 2 is 1.97 bits per heavy atom. The Kier molecular flexibility index (Phi) is 5.01. The molecule has 2 saturated heterocycles. The van der Waals surface area contributed by atoms with Crippen LogP contribution >= 0.6 is 0 Å². The number of piperidine rings is 1. The van der Waals surface area contributed by atoms with Gasteiger partial charge in [-0.15, -0.1) is 0 Å². The van der Waals surface area contributed by atoms with Crippen LogP contribution in [-0.2, 0) is 26.1 Å². The molecule has 2 fully saturated rings. The minimum Gasteiger partial charge on any atom is -0.493 e. The van der Waals surface area contributed by atoms with E-state index in [1.54, 1.807) is 7.11 Å². The van der Waals surface area contributed by atoms with Crippen molar-refractivity contribution < 1.29 is 44.2 Å². The molecule has 3 aliphatic heterocycles. The van der Waals surface area contributed by atoms with Crippen LogP contribution in [-0.4, -0.2) is 101 Å². The smallest absolute Gasteiger partial charge is 0.335 e. The maximum Gasteiger partial charge on any atom is 0.335 e. The van der Waals surface area contributed by atoms with Gasteiger partial charge in [0.1, 0.15) is 30.5 Å². The van der Waals surface area contributed by atoms with Crippen molar-refractivity contribution in [1.29, 1.82) is 0 Å². The Morgan fingerprint density at radius 3 is 2.71 bits per heavy atom. The van der Waals surface area contributed by atoms with Crippen LogP contribution in [0, 0.1) is 5.92 Å². The van der Waals surface area contributed by atoms with Crippen LogP contribution in [0.1, 0.15) is 17.5 Å². The zero-order chi connectivity index (χ0) is 23.9. The van der Waals surface area contributed by atoms with Gasteiger partial charge in [-0.05, 0) is 38.1 Å². The van der Waals surface area contributed by atoms with Gasteiger partial charge in [0, 0.05) is 22.9 Å². The summed E-state index contributed by atoms with van der Waals surface area (Å²) in [6.07, 6.45) is -3.69. The minimum absolute atomic E-state index is 0.188. The zero-order valence-electron chi connectivity index (χ0n) is 18.9. The first-order valence-electron chi connectivity index (χ1n) is 11.6. The van der Waals surface area contributed by atoms with Crippen LogP contribution in [0.2, 0.25) is 0 Å². The molecule has 10 heteroatoms. The second-order valence-corrected chi connectivity index (χ2v) is 9.96. The fourth-order valence-electron chi connectivity index (χ4n) is 6.81. The van der Waals surface area contributed by atoms with E-state index in [1.807, 2.05) is 12.1 Å². The summed E-state index contributed by atoms with van der Waals surface area (Å²) in [6.45, 7) is 0.881. The van der Waals surface area contributed by atoms with Gasteiger partial charge < -0.3 is 44.3 Å². The van der Waals surface area contributed by atoms with E-state index in [-0.39, 0.29) is 11.3 Å². The molecule has 1 aromatic rings. The number of methoxy groups -OCH3 is 1. The van der Waals surface area contributed by atoms with Crippen LogP contribution in [0.4, 0.5) is 0 Å². The maximum absolute atomic E-state index is 11.5. The molecule has 0 unspecified atom stereocenters. The summed E-state index contributed by atoms with van der Waals surface area (Å²) >= 11 is 0. The molecule has 10 atom stereocenters. The number of likely N-dealkylation sites (N-methyl/N-ethyl adjacent to an activating group) is 1. The molecular formula is C24H29NO9. The molecule has 34 heavy (non-hydrogen) atoms. The highest BCUT2D eigenvalue weighted by atomic mass is 16.7. The number of hydrogen-bond acceptors (Lipinski definition) is 9. The van der Waals surface area contributed by atoms with E-state index < -0.39 is 48.9 Å². The zero-order valence-corrected chi connectivity index (χ0v) is 18.9. The average Bonchev–Trinajstić information content (AvgIpc) is 3.17. The van der Waals surface area contributed by atoms with E-state index in [4.69, 9.17) is 18.9 Å². The van der Waals surface area contributed by atoms with E-state index in [2.05, 4.69) is 24.1 Å². The number of ether oxygens (including phenoxy) is 4. The molecule has 0 saturated carbocycles. The SMILES string of the molecule is COc1ccc2c3c1O[C@H]1[C@@H](O[C@@H]4O[C@@H](C(=O)O)[C@@H](O)[C@H](O)[C@@H]4O)C=C[C@H]4[C@@H](C2)N(C)CC[C@@]341. The Hall–Kier alpha value is -2.21. The van der Waals surface area contributed by atoms with Gasteiger partial charge in [0.15, 0.2) is 23.9 Å². The summed E-state index contributed by atoms with van der Waals surface area (Å²) in [7, 11) is 3.75. The predicted molar refractivity (Wildman–Crippen MR) is 116 cm³/mol. The number of likely N-dealkylation sites (tertiary alicyclic amines) is 1. The lowest BCUT2D eigenvalue weighted by Gasteiger charge is -2.57. The molecule has 2 aliphatic carbocycles. The Bertz CT molecular complexity index is 1050. The van der Waals surface area contributed by atoms with Crippen LogP contribution in [0.5, 0.6) is 11.5 Å². The summed E-state index contributed by atoms with van der Waals surface area (Å²) < 4.78 is 23.7. The molecule has 0 amide bonds. The third-order valence-corrected chi connectivity index (χ3v) is 8.44. The summed E-state index contributed by atoms with van der Waals surface area (Å²) in [5.41, 5.74) is 2.00. The monoisotopic (exact) mass is 475 g/mol. The van der Waals surface area contributed by atoms with Gasteiger partial charge in [0.2, 0.25) is 0 Å². The maximum atomic E-state index is 11.5. The van der Waals surface area contributed by atoms with E-state index in [0.29, 0.717) is 17.5 Å². The van der Waals surface area contributed by atoms with E-state index in [9.17, 15) is 25.2 Å². The lowest BCUT2D eigenvalue weighted by molar-refractivity contribution is -0.307. The van der Waals surface area contributed by atoms with Crippen molar-refractivity contribution in [2.75, 3.05) is 20.7 Å². The summed E-state index contributed by atoms with van der Waals surface area (Å²) in [5.74, 6) is 0.0951. The fourth-order valence-corrected chi connectivity index (χ4v) is 6.81. The predicted octanol–water partition coefficient (Wildman–Crippen LogP) is -0.582.